The van der Waals surface area contributed by atoms with Gasteiger partial charge in [0.15, 0.2) is 5.78 Å². The lowest BCUT2D eigenvalue weighted by atomic mass is 10.1. The monoisotopic (exact) mass is 180 g/mol. The van der Waals surface area contributed by atoms with Crippen LogP contribution in [-0.2, 0) is 0 Å². The number of Topliss-reactive ketones (excluding diaryl/α,β-unsaturated/α-hetero) is 1. The number of rotatable bonds is 2. The summed E-state index contributed by atoms with van der Waals surface area (Å²) >= 11 is 0. The third-order valence-corrected chi connectivity index (χ3v) is 3.12. The van der Waals surface area contributed by atoms with Crippen molar-refractivity contribution < 1.29 is 4.79 Å². The molecule has 64 valence electrons. The number of carbonyl (C=O) groups excluding carboxylic acids is 1. The lowest BCUT2D eigenvalue weighted by Gasteiger charge is -2.09. The average molecular weight is 180 g/mol. The Bertz CT molecular complexity index is 292. The van der Waals surface area contributed by atoms with Crippen LogP contribution in [0.5, 0.6) is 0 Å². The van der Waals surface area contributed by atoms with Crippen LogP contribution in [0.25, 0.3) is 0 Å². The van der Waals surface area contributed by atoms with Crippen molar-refractivity contribution >= 4 is 19.0 Å². The number of ketones is 1. The zero-order valence-electron chi connectivity index (χ0n) is 7.66. The summed E-state index contributed by atoms with van der Waals surface area (Å²) in [5.41, 5.74) is 0.883. The van der Waals surface area contributed by atoms with Crippen molar-refractivity contribution in [2.75, 3.05) is 13.3 Å². The second-order valence-electron chi connectivity index (χ2n) is 2.97. The fraction of sp³-hybridized carbons (Fsp3) is 0.300. The van der Waals surface area contributed by atoms with Crippen LogP contribution in [0.1, 0.15) is 17.3 Å². The highest BCUT2D eigenvalue weighted by molar-refractivity contribution is 7.64. The van der Waals surface area contributed by atoms with Crippen molar-refractivity contribution in [2.24, 2.45) is 0 Å². The lowest BCUT2D eigenvalue weighted by Crippen LogP contribution is -2.10. The second kappa shape index (κ2) is 3.82. The number of carbonyl (C=O) groups is 1. The maximum Gasteiger partial charge on any atom is 0.160 e. The second-order valence-corrected chi connectivity index (χ2v) is 5.24. The molecule has 0 atom stereocenters. The summed E-state index contributed by atoms with van der Waals surface area (Å²) in [6, 6.07) is 7.85. The molecule has 0 spiro atoms. The van der Waals surface area contributed by atoms with Gasteiger partial charge < -0.3 is 0 Å². The summed E-state index contributed by atoms with van der Waals surface area (Å²) in [4.78, 5) is 11.2. The molecule has 0 amide bonds. The Labute approximate surface area is 74.6 Å². The molecule has 0 bridgehead atoms. The standard InChI is InChI=1S/C10H13OP/c1-8(11)9-6-4-5-7-10(9)12(2)3/h4-7H,1-3H3. The first-order valence-electron chi connectivity index (χ1n) is 3.90. The highest BCUT2D eigenvalue weighted by Crippen LogP contribution is 2.25. The Morgan fingerprint density at radius 3 is 2.25 bits per heavy atom. The van der Waals surface area contributed by atoms with Crippen molar-refractivity contribution in [1.82, 2.24) is 0 Å². The van der Waals surface area contributed by atoms with Gasteiger partial charge >= 0.3 is 0 Å². The summed E-state index contributed by atoms with van der Waals surface area (Å²) in [7, 11) is -0.170. The first-order valence-corrected chi connectivity index (χ1v) is 6.14. The molecular weight excluding hydrogens is 167 g/mol. The van der Waals surface area contributed by atoms with Gasteiger partial charge in [0, 0.05) is 5.56 Å². The van der Waals surface area contributed by atoms with Gasteiger partial charge in [-0.2, -0.15) is 0 Å². The molecule has 2 heteroatoms. The van der Waals surface area contributed by atoms with Gasteiger partial charge in [-0.25, -0.2) is 0 Å². The number of hydrogen-bond acceptors (Lipinski definition) is 1. The molecule has 0 saturated carbocycles. The minimum Gasteiger partial charge on any atom is -0.294 e. The first kappa shape index (κ1) is 9.41. The molecule has 12 heavy (non-hydrogen) atoms. The van der Waals surface area contributed by atoms with Crippen molar-refractivity contribution in [2.45, 2.75) is 6.92 Å². The molecule has 0 radical (unpaired) electrons. The Morgan fingerprint density at radius 2 is 1.83 bits per heavy atom. The van der Waals surface area contributed by atoms with Crippen molar-refractivity contribution in [3.63, 3.8) is 0 Å². The minimum atomic E-state index is -0.170. The van der Waals surface area contributed by atoms with E-state index in [4.69, 9.17) is 0 Å². The highest BCUT2D eigenvalue weighted by Gasteiger charge is 2.07. The zero-order chi connectivity index (χ0) is 9.14. The van der Waals surface area contributed by atoms with Crippen molar-refractivity contribution in [1.29, 1.82) is 0 Å². The topological polar surface area (TPSA) is 17.1 Å². The summed E-state index contributed by atoms with van der Waals surface area (Å²) in [6.07, 6.45) is 0. The SMILES string of the molecule is CC(=O)c1ccccc1P(C)C. The Hall–Kier alpha value is -0.680. The molecule has 1 nitrogen and oxygen atoms in total. The van der Waals surface area contributed by atoms with E-state index in [0.29, 0.717) is 0 Å². The fourth-order valence-electron chi connectivity index (χ4n) is 1.16. The van der Waals surface area contributed by atoms with E-state index in [1.54, 1.807) is 6.92 Å². The molecule has 0 aliphatic rings. The van der Waals surface area contributed by atoms with E-state index in [9.17, 15) is 4.79 Å². The Kier molecular flexibility index (Phi) is 2.99. The predicted molar refractivity (Wildman–Crippen MR) is 54.8 cm³/mol. The van der Waals surface area contributed by atoms with E-state index in [0.717, 1.165) is 5.56 Å². The quantitative estimate of drug-likeness (QED) is 0.504. The smallest absolute Gasteiger partial charge is 0.160 e. The summed E-state index contributed by atoms with van der Waals surface area (Å²) in [6.45, 7) is 5.95. The molecule has 1 rings (SSSR count). The van der Waals surface area contributed by atoms with Crippen LogP contribution >= 0.6 is 7.92 Å². The molecular formula is C10H13OP. The third-order valence-electron chi connectivity index (χ3n) is 1.77. The van der Waals surface area contributed by atoms with Crippen LogP contribution in [0.3, 0.4) is 0 Å². The molecule has 0 aliphatic heterocycles. The molecule has 0 unspecified atom stereocenters. The zero-order valence-corrected chi connectivity index (χ0v) is 8.56. The Morgan fingerprint density at radius 1 is 1.25 bits per heavy atom. The van der Waals surface area contributed by atoms with Crippen molar-refractivity contribution in [3.8, 4) is 0 Å². The Balaban J connectivity index is 3.17. The van der Waals surface area contributed by atoms with E-state index in [-0.39, 0.29) is 13.7 Å². The van der Waals surface area contributed by atoms with Gasteiger partial charge in [0.25, 0.3) is 0 Å². The maximum absolute atomic E-state index is 11.2. The van der Waals surface area contributed by atoms with Crippen molar-refractivity contribution in [3.05, 3.63) is 29.8 Å². The maximum atomic E-state index is 11.2. The van der Waals surface area contributed by atoms with Gasteiger partial charge in [-0.1, -0.05) is 32.2 Å². The van der Waals surface area contributed by atoms with Crippen LogP contribution in [0.15, 0.2) is 24.3 Å². The summed E-state index contributed by atoms with van der Waals surface area (Å²) < 4.78 is 0. The fourth-order valence-corrected chi connectivity index (χ4v) is 2.26. The van der Waals surface area contributed by atoms with E-state index >= 15 is 0 Å². The van der Waals surface area contributed by atoms with Gasteiger partial charge in [-0.3, -0.25) is 4.79 Å². The lowest BCUT2D eigenvalue weighted by molar-refractivity contribution is 0.101. The summed E-state index contributed by atoms with van der Waals surface area (Å²) in [5, 5.41) is 1.21. The number of hydrogen-bond donors (Lipinski definition) is 0. The van der Waals surface area contributed by atoms with Crippen LogP contribution in [-0.4, -0.2) is 19.1 Å². The van der Waals surface area contributed by atoms with Crippen LogP contribution in [0.2, 0.25) is 0 Å². The largest absolute Gasteiger partial charge is 0.294 e. The first-order chi connectivity index (χ1) is 5.63. The molecule has 0 fully saturated rings. The molecule has 0 heterocycles. The van der Waals surface area contributed by atoms with Crippen LogP contribution in [0, 0.1) is 0 Å². The van der Waals surface area contributed by atoms with E-state index in [1.807, 2.05) is 24.3 Å². The third kappa shape index (κ3) is 1.92. The van der Waals surface area contributed by atoms with Crippen LogP contribution in [0.4, 0.5) is 0 Å². The molecule has 1 aromatic carbocycles. The predicted octanol–water partition coefficient (Wildman–Crippen LogP) is 2.26. The van der Waals surface area contributed by atoms with Crippen LogP contribution < -0.4 is 5.30 Å². The molecule has 0 aromatic heterocycles. The summed E-state index contributed by atoms with van der Waals surface area (Å²) in [5.74, 6) is 0.168. The van der Waals surface area contributed by atoms with E-state index in [2.05, 4.69) is 13.3 Å². The molecule has 0 N–H and O–H groups in total. The van der Waals surface area contributed by atoms with Gasteiger partial charge in [0.2, 0.25) is 0 Å². The van der Waals surface area contributed by atoms with Gasteiger partial charge in [0.05, 0.1) is 0 Å². The van der Waals surface area contributed by atoms with E-state index < -0.39 is 0 Å². The normalized spacial score (nSPS) is 10.3. The highest BCUT2D eigenvalue weighted by atomic mass is 31.1. The van der Waals surface area contributed by atoms with Gasteiger partial charge in [-0.05, 0) is 25.6 Å². The molecule has 0 saturated heterocycles. The van der Waals surface area contributed by atoms with Gasteiger partial charge in [0.1, 0.15) is 0 Å². The number of benzene rings is 1. The van der Waals surface area contributed by atoms with E-state index in [1.165, 1.54) is 5.30 Å². The average Bonchev–Trinajstić information content (AvgIpc) is 2.04. The molecule has 0 aliphatic carbocycles. The molecule has 1 aromatic rings. The minimum absolute atomic E-state index is 0.168. The van der Waals surface area contributed by atoms with Gasteiger partial charge in [-0.15, -0.1) is 0 Å².